The number of hydrogen-bond acceptors (Lipinski definition) is 2. The molecule has 90 valence electrons. The minimum Gasteiger partial charge on any atom is -0.397 e. The summed E-state index contributed by atoms with van der Waals surface area (Å²) in [4.78, 5) is 0.946. The van der Waals surface area contributed by atoms with Crippen LogP contribution in [0.1, 0.15) is 5.56 Å². The quantitative estimate of drug-likeness (QED) is 0.632. The predicted molar refractivity (Wildman–Crippen MR) is 54.9 cm³/mol. The van der Waals surface area contributed by atoms with E-state index in [1.807, 2.05) is 0 Å². The normalized spacial score (nSPS) is 11.6. The largest absolute Gasteiger partial charge is 0.405 e. The number of aryl methyl sites for hydroxylation is 1. The number of rotatable bonds is 2. The van der Waals surface area contributed by atoms with Crippen molar-refractivity contribution in [3.63, 3.8) is 0 Å². The van der Waals surface area contributed by atoms with Crippen LogP contribution in [0.25, 0.3) is 0 Å². The van der Waals surface area contributed by atoms with E-state index in [0.717, 1.165) is 11.0 Å². The highest BCUT2D eigenvalue weighted by atomic mass is 19.4. The summed E-state index contributed by atoms with van der Waals surface area (Å²) < 4.78 is 49.5. The van der Waals surface area contributed by atoms with E-state index in [1.165, 1.54) is 20.0 Å². The van der Waals surface area contributed by atoms with Gasteiger partial charge >= 0.3 is 6.18 Å². The van der Waals surface area contributed by atoms with Crippen molar-refractivity contribution in [1.29, 1.82) is 0 Å². The molecule has 1 aromatic carbocycles. The lowest BCUT2D eigenvalue weighted by Crippen LogP contribution is -2.31. The second-order valence-electron chi connectivity index (χ2n) is 3.63. The summed E-state index contributed by atoms with van der Waals surface area (Å²) in [7, 11) is 1.26. The lowest BCUT2D eigenvalue weighted by molar-refractivity contribution is -0.119. The standard InChI is InChI=1S/C10H12F4N2/c1-6-3-9(8(15)4-7(6)11)16(2)5-10(12,13)14/h3-4H,5,15H2,1-2H3. The van der Waals surface area contributed by atoms with Crippen molar-refractivity contribution in [2.75, 3.05) is 24.2 Å². The number of nitrogens with two attached hydrogens (primary N) is 1. The van der Waals surface area contributed by atoms with Crippen LogP contribution in [0.15, 0.2) is 12.1 Å². The van der Waals surface area contributed by atoms with E-state index in [-0.39, 0.29) is 16.9 Å². The Morgan fingerprint density at radius 3 is 2.38 bits per heavy atom. The third kappa shape index (κ3) is 3.01. The Bertz CT molecular complexity index is 387. The molecule has 0 atom stereocenters. The molecule has 0 bridgehead atoms. The highest BCUT2D eigenvalue weighted by Crippen LogP contribution is 2.28. The smallest absolute Gasteiger partial charge is 0.397 e. The zero-order valence-electron chi connectivity index (χ0n) is 8.90. The van der Waals surface area contributed by atoms with Crippen LogP contribution < -0.4 is 10.6 Å². The van der Waals surface area contributed by atoms with E-state index in [0.29, 0.717) is 0 Å². The summed E-state index contributed by atoms with van der Waals surface area (Å²) in [5.41, 5.74) is 5.90. The molecule has 0 aliphatic carbocycles. The Kier molecular flexibility index (Phi) is 3.30. The zero-order valence-corrected chi connectivity index (χ0v) is 8.90. The number of anilines is 2. The van der Waals surface area contributed by atoms with E-state index < -0.39 is 18.5 Å². The number of nitrogens with zero attached hydrogens (tertiary/aromatic N) is 1. The first-order valence-corrected chi connectivity index (χ1v) is 4.54. The van der Waals surface area contributed by atoms with Crippen LogP contribution in [0.3, 0.4) is 0 Å². The Hall–Kier alpha value is -1.46. The molecule has 0 spiro atoms. The molecule has 1 rings (SSSR count). The molecular formula is C10H12F4N2. The van der Waals surface area contributed by atoms with E-state index >= 15 is 0 Å². The number of hydrogen-bond donors (Lipinski definition) is 1. The summed E-state index contributed by atoms with van der Waals surface area (Å²) in [6.07, 6.45) is -4.32. The van der Waals surface area contributed by atoms with E-state index in [9.17, 15) is 17.6 Å². The molecular weight excluding hydrogens is 224 g/mol. The molecule has 0 aliphatic rings. The molecule has 1 aromatic rings. The topological polar surface area (TPSA) is 29.3 Å². The lowest BCUT2D eigenvalue weighted by Gasteiger charge is -2.23. The van der Waals surface area contributed by atoms with Crippen LogP contribution >= 0.6 is 0 Å². The fraction of sp³-hybridized carbons (Fsp3) is 0.400. The molecule has 2 nitrogen and oxygen atoms in total. The Labute approximate surface area is 90.7 Å². The highest BCUT2D eigenvalue weighted by Gasteiger charge is 2.30. The SMILES string of the molecule is Cc1cc(N(C)CC(F)(F)F)c(N)cc1F. The van der Waals surface area contributed by atoms with Gasteiger partial charge in [0.2, 0.25) is 0 Å². The fourth-order valence-electron chi connectivity index (χ4n) is 1.37. The summed E-state index contributed by atoms with van der Waals surface area (Å²) in [6.45, 7) is 0.349. The van der Waals surface area contributed by atoms with Gasteiger partial charge in [-0.05, 0) is 24.6 Å². The minimum absolute atomic E-state index is 0.00477. The molecule has 0 saturated carbocycles. The van der Waals surface area contributed by atoms with E-state index in [4.69, 9.17) is 5.73 Å². The molecule has 0 radical (unpaired) electrons. The highest BCUT2D eigenvalue weighted by molar-refractivity contribution is 5.68. The van der Waals surface area contributed by atoms with Crippen LogP contribution in [0, 0.1) is 12.7 Å². The Balaban J connectivity index is 3.00. The maximum absolute atomic E-state index is 13.0. The van der Waals surface area contributed by atoms with Gasteiger partial charge in [-0.25, -0.2) is 4.39 Å². The Morgan fingerprint density at radius 2 is 1.88 bits per heavy atom. The first-order chi connectivity index (χ1) is 7.20. The maximum atomic E-state index is 13.0. The van der Waals surface area contributed by atoms with Gasteiger partial charge in [0.1, 0.15) is 12.4 Å². The van der Waals surface area contributed by atoms with Crippen LogP contribution in [0.2, 0.25) is 0 Å². The monoisotopic (exact) mass is 236 g/mol. The van der Waals surface area contributed by atoms with Crippen molar-refractivity contribution in [3.05, 3.63) is 23.5 Å². The van der Waals surface area contributed by atoms with Gasteiger partial charge in [-0.15, -0.1) is 0 Å². The van der Waals surface area contributed by atoms with Gasteiger partial charge in [-0.2, -0.15) is 13.2 Å². The summed E-state index contributed by atoms with van der Waals surface area (Å²) in [5, 5.41) is 0. The van der Waals surface area contributed by atoms with Gasteiger partial charge in [-0.1, -0.05) is 0 Å². The summed E-state index contributed by atoms with van der Waals surface area (Å²) >= 11 is 0. The molecule has 0 amide bonds. The van der Waals surface area contributed by atoms with Crippen LogP contribution in [0.5, 0.6) is 0 Å². The van der Waals surface area contributed by atoms with Crippen LogP contribution in [-0.2, 0) is 0 Å². The minimum atomic E-state index is -4.32. The second-order valence-corrected chi connectivity index (χ2v) is 3.63. The molecule has 16 heavy (non-hydrogen) atoms. The first-order valence-electron chi connectivity index (χ1n) is 4.54. The number of halogens is 4. The zero-order chi connectivity index (χ0) is 12.5. The van der Waals surface area contributed by atoms with Gasteiger partial charge in [0.25, 0.3) is 0 Å². The molecule has 0 heterocycles. The third-order valence-corrected chi connectivity index (χ3v) is 2.14. The molecule has 0 aromatic heterocycles. The van der Waals surface area contributed by atoms with Crippen molar-refractivity contribution in [2.24, 2.45) is 0 Å². The van der Waals surface area contributed by atoms with Gasteiger partial charge in [0, 0.05) is 7.05 Å². The maximum Gasteiger partial charge on any atom is 0.405 e. The number of alkyl halides is 3. The van der Waals surface area contributed by atoms with Crippen LogP contribution in [-0.4, -0.2) is 19.8 Å². The molecule has 0 unspecified atom stereocenters. The number of nitrogen functional groups attached to an aromatic ring is 1. The second kappa shape index (κ2) is 4.19. The van der Waals surface area contributed by atoms with Crippen molar-refractivity contribution in [2.45, 2.75) is 13.1 Å². The predicted octanol–water partition coefficient (Wildman–Crippen LogP) is 2.71. The van der Waals surface area contributed by atoms with Crippen molar-refractivity contribution < 1.29 is 17.6 Å². The number of benzene rings is 1. The first kappa shape index (κ1) is 12.6. The van der Waals surface area contributed by atoms with E-state index in [1.54, 1.807) is 0 Å². The molecule has 6 heteroatoms. The van der Waals surface area contributed by atoms with Gasteiger partial charge in [0.15, 0.2) is 0 Å². The summed E-state index contributed by atoms with van der Waals surface area (Å²) in [5.74, 6) is -0.526. The average Bonchev–Trinajstić information content (AvgIpc) is 2.08. The molecule has 2 N–H and O–H groups in total. The van der Waals surface area contributed by atoms with Gasteiger partial charge in [-0.3, -0.25) is 0 Å². The van der Waals surface area contributed by atoms with Gasteiger partial charge in [0.05, 0.1) is 11.4 Å². The van der Waals surface area contributed by atoms with Crippen LogP contribution in [0.4, 0.5) is 28.9 Å². The van der Waals surface area contributed by atoms with Gasteiger partial charge < -0.3 is 10.6 Å². The Morgan fingerprint density at radius 1 is 1.31 bits per heavy atom. The van der Waals surface area contributed by atoms with Crippen molar-refractivity contribution in [1.82, 2.24) is 0 Å². The third-order valence-electron chi connectivity index (χ3n) is 2.14. The molecule has 0 fully saturated rings. The average molecular weight is 236 g/mol. The van der Waals surface area contributed by atoms with Crippen molar-refractivity contribution in [3.8, 4) is 0 Å². The summed E-state index contributed by atoms with van der Waals surface area (Å²) in [6, 6.07) is 2.33. The molecule has 0 saturated heterocycles. The lowest BCUT2D eigenvalue weighted by atomic mass is 10.1. The van der Waals surface area contributed by atoms with Crippen molar-refractivity contribution >= 4 is 11.4 Å². The molecule has 0 aliphatic heterocycles. The van der Waals surface area contributed by atoms with E-state index in [2.05, 4.69) is 0 Å². The fourth-order valence-corrected chi connectivity index (χ4v) is 1.37.